The molecule has 4 fully saturated rings. The predicted octanol–water partition coefficient (Wildman–Crippen LogP) is 2.71. The first-order chi connectivity index (χ1) is 11.5. The van der Waals surface area contributed by atoms with E-state index in [2.05, 4.69) is 15.3 Å². The van der Waals surface area contributed by atoms with Crippen molar-refractivity contribution in [1.82, 2.24) is 9.97 Å². The van der Waals surface area contributed by atoms with Crippen LogP contribution >= 0.6 is 0 Å². The first kappa shape index (κ1) is 15.7. The molecule has 0 radical (unpaired) electrons. The summed E-state index contributed by atoms with van der Waals surface area (Å²) in [6.07, 6.45) is 8.82. The summed E-state index contributed by atoms with van der Waals surface area (Å²) in [6.45, 7) is 0. The number of anilines is 2. The molecule has 0 aliphatic heterocycles. The number of hydrogen-bond acceptors (Lipinski definition) is 5. The van der Waals surface area contributed by atoms with E-state index in [1.54, 1.807) is 13.3 Å². The van der Waals surface area contributed by atoms with Gasteiger partial charge in [-0.05, 0) is 56.3 Å². The first-order valence-corrected chi connectivity index (χ1v) is 8.89. The molecular formula is C18H26N4O2. The van der Waals surface area contributed by atoms with Crippen molar-refractivity contribution in [1.29, 1.82) is 0 Å². The molecule has 0 aromatic carbocycles. The lowest BCUT2D eigenvalue weighted by molar-refractivity contribution is -0.140. The van der Waals surface area contributed by atoms with Crippen molar-refractivity contribution in [3.8, 4) is 6.01 Å². The van der Waals surface area contributed by atoms with E-state index in [4.69, 9.17) is 4.74 Å². The molecule has 5 rings (SSSR count). The molecule has 0 atom stereocenters. The van der Waals surface area contributed by atoms with Crippen LogP contribution in [0.1, 0.15) is 38.5 Å². The van der Waals surface area contributed by atoms with E-state index in [1.165, 1.54) is 19.3 Å². The van der Waals surface area contributed by atoms with Crippen molar-refractivity contribution in [2.75, 3.05) is 31.4 Å². The highest BCUT2D eigenvalue weighted by atomic mass is 16.5. The minimum atomic E-state index is -0.168. The van der Waals surface area contributed by atoms with E-state index in [1.807, 2.05) is 19.0 Å². The molecule has 0 saturated heterocycles. The Labute approximate surface area is 143 Å². The molecule has 1 N–H and O–H groups in total. The van der Waals surface area contributed by atoms with E-state index in [-0.39, 0.29) is 11.3 Å². The number of ether oxygens (including phenoxy) is 1. The molecule has 1 heterocycles. The molecule has 4 aliphatic carbocycles. The van der Waals surface area contributed by atoms with Gasteiger partial charge in [0.1, 0.15) is 5.69 Å². The molecule has 4 aliphatic rings. The third-order valence-electron chi connectivity index (χ3n) is 6.12. The number of rotatable bonds is 4. The van der Waals surface area contributed by atoms with Crippen LogP contribution in [0.3, 0.4) is 0 Å². The lowest BCUT2D eigenvalue weighted by atomic mass is 9.49. The van der Waals surface area contributed by atoms with Gasteiger partial charge in [-0.25, -0.2) is 4.98 Å². The maximum atomic E-state index is 13.2. The maximum Gasteiger partial charge on any atom is 0.318 e. The molecule has 4 saturated carbocycles. The van der Waals surface area contributed by atoms with E-state index in [0.29, 0.717) is 17.5 Å². The fourth-order valence-electron chi connectivity index (χ4n) is 5.53. The fourth-order valence-corrected chi connectivity index (χ4v) is 5.53. The Balaban J connectivity index is 1.58. The Morgan fingerprint density at radius 1 is 1.21 bits per heavy atom. The Bertz CT molecular complexity index is 623. The van der Waals surface area contributed by atoms with Crippen molar-refractivity contribution in [3.05, 3.63) is 6.20 Å². The van der Waals surface area contributed by atoms with Gasteiger partial charge in [-0.1, -0.05) is 0 Å². The number of carbonyl (C=O) groups is 1. The molecule has 0 unspecified atom stereocenters. The summed E-state index contributed by atoms with van der Waals surface area (Å²) in [6, 6.07) is 0.312. The Kier molecular flexibility index (Phi) is 3.66. The molecule has 1 aromatic rings. The van der Waals surface area contributed by atoms with Gasteiger partial charge in [0.15, 0.2) is 5.82 Å². The molecule has 0 spiro atoms. The third-order valence-corrected chi connectivity index (χ3v) is 6.12. The molecule has 6 heteroatoms. The van der Waals surface area contributed by atoms with Crippen LogP contribution in [0.5, 0.6) is 6.01 Å². The second kappa shape index (κ2) is 5.60. The number of nitrogens with zero attached hydrogens (tertiary/aromatic N) is 3. The minimum Gasteiger partial charge on any atom is -0.467 e. The summed E-state index contributed by atoms with van der Waals surface area (Å²) < 4.78 is 5.10. The average molecular weight is 330 g/mol. The van der Waals surface area contributed by atoms with Gasteiger partial charge in [-0.15, -0.1) is 0 Å². The normalized spacial score (nSPS) is 33.4. The largest absolute Gasteiger partial charge is 0.467 e. The third kappa shape index (κ3) is 2.52. The van der Waals surface area contributed by atoms with Gasteiger partial charge >= 0.3 is 6.01 Å². The summed E-state index contributed by atoms with van der Waals surface area (Å²) in [5.41, 5.74) is 0.500. The van der Waals surface area contributed by atoms with Crippen molar-refractivity contribution >= 4 is 17.4 Å². The monoisotopic (exact) mass is 330 g/mol. The van der Waals surface area contributed by atoms with Gasteiger partial charge in [0.25, 0.3) is 0 Å². The highest BCUT2D eigenvalue weighted by Gasteiger charge is 2.54. The average Bonchev–Trinajstić information content (AvgIpc) is 2.53. The van der Waals surface area contributed by atoms with Crippen molar-refractivity contribution in [2.24, 2.45) is 23.2 Å². The zero-order chi connectivity index (χ0) is 16.9. The summed E-state index contributed by atoms with van der Waals surface area (Å²) in [5, 5.41) is 3.14. The highest BCUT2D eigenvalue weighted by molar-refractivity contribution is 5.97. The number of methoxy groups -OCH3 is 1. The van der Waals surface area contributed by atoms with E-state index in [9.17, 15) is 4.79 Å². The highest BCUT2D eigenvalue weighted by Crippen LogP contribution is 2.60. The number of amides is 1. The van der Waals surface area contributed by atoms with Gasteiger partial charge in [0, 0.05) is 14.1 Å². The van der Waals surface area contributed by atoms with Gasteiger partial charge < -0.3 is 15.0 Å². The smallest absolute Gasteiger partial charge is 0.318 e. The zero-order valence-electron chi connectivity index (χ0n) is 14.7. The van der Waals surface area contributed by atoms with E-state index >= 15 is 0 Å². The van der Waals surface area contributed by atoms with E-state index < -0.39 is 0 Å². The molecule has 1 aromatic heterocycles. The Hall–Kier alpha value is -1.85. The van der Waals surface area contributed by atoms with Crippen LogP contribution in [0, 0.1) is 23.2 Å². The number of nitrogens with one attached hydrogen (secondary N) is 1. The quantitative estimate of drug-likeness (QED) is 0.919. The van der Waals surface area contributed by atoms with Crippen LogP contribution < -0.4 is 15.0 Å². The van der Waals surface area contributed by atoms with Crippen molar-refractivity contribution < 1.29 is 9.53 Å². The second-order valence-electron chi connectivity index (χ2n) is 8.14. The van der Waals surface area contributed by atoms with Gasteiger partial charge in [0.05, 0.1) is 18.7 Å². The summed E-state index contributed by atoms with van der Waals surface area (Å²) in [7, 11) is 5.35. The lowest BCUT2D eigenvalue weighted by Crippen LogP contribution is -2.51. The Morgan fingerprint density at radius 3 is 2.29 bits per heavy atom. The van der Waals surface area contributed by atoms with Crippen LogP contribution in [0.25, 0.3) is 0 Å². The summed E-state index contributed by atoms with van der Waals surface area (Å²) in [4.78, 5) is 23.6. The van der Waals surface area contributed by atoms with E-state index in [0.717, 1.165) is 37.0 Å². The zero-order valence-corrected chi connectivity index (χ0v) is 14.7. The van der Waals surface area contributed by atoms with Gasteiger partial charge in [-0.3, -0.25) is 4.79 Å². The number of carbonyl (C=O) groups excluding carboxylic acids is 1. The lowest BCUT2D eigenvalue weighted by Gasteiger charge is -2.55. The van der Waals surface area contributed by atoms with Crippen LogP contribution in [0.4, 0.5) is 11.5 Å². The molecular weight excluding hydrogens is 304 g/mol. The number of hydrogen-bond donors (Lipinski definition) is 1. The molecule has 1 amide bonds. The second-order valence-corrected chi connectivity index (χ2v) is 8.14. The topological polar surface area (TPSA) is 67.3 Å². The maximum absolute atomic E-state index is 13.2. The Morgan fingerprint density at radius 2 is 1.79 bits per heavy atom. The van der Waals surface area contributed by atoms with Crippen LogP contribution in [-0.2, 0) is 4.79 Å². The first-order valence-electron chi connectivity index (χ1n) is 8.89. The molecule has 6 nitrogen and oxygen atoms in total. The van der Waals surface area contributed by atoms with Crippen LogP contribution in [-0.4, -0.2) is 37.1 Å². The predicted molar refractivity (Wildman–Crippen MR) is 92.1 cm³/mol. The van der Waals surface area contributed by atoms with Gasteiger partial charge in [-0.2, -0.15) is 4.98 Å². The molecule has 24 heavy (non-hydrogen) atoms. The summed E-state index contributed by atoms with van der Waals surface area (Å²) in [5.74, 6) is 3.10. The SMILES string of the molecule is COc1ncc(NC(=O)C23CC4CC(CC(C4)C2)C3)c(N(C)C)n1. The summed E-state index contributed by atoms with van der Waals surface area (Å²) >= 11 is 0. The van der Waals surface area contributed by atoms with Crippen LogP contribution in [0.15, 0.2) is 6.20 Å². The fraction of sp³-hybridized carbons (Fsp3) is 0.722. The van der Waals surface area contributed by atoms with Gasteiger partial charge in [0.2, 0.25) is 5.91 Å². The minimum absolute atomic E-state index is 0.165. The van der Waals surface area contributed by atoms with Crippen LogP contribution in [0.2, 0.25) is 0 Å². The van der Waals surface area contributed by atoms with Crippen molar-refractivity contribution in [2.45, 2.75) is 38.5 Å². The van der Waals surface area contributed by atoms with Crippen molar-refractivity contribution in [3.63, 3.8) is 0 Å². The molecule has 130 valence electrons. The number of aromatic nitrogens is 2. The molecule has 4 bridgehead atoms. The standard InChI is InChI=1S/C18H26N4O2/c1-22(2)15-14(10-19-17(21-15)24-3)20-16(23)18-7-11-4-12(8-18)6-13(5-11)9-18/h10-13H,4-9H2,1-3H3,(H,20,23).